The molecule has 112 valence electrons. The molecule has 0 aliphatic rings. The second kappa shape index (κ2) is 5.81. The van der Waals surface area contributed by atoms with Crippen LogP contribution in [0.25, 0.3) is 0 Å². The fourth-order valence-electron chi connectivity index (χ4n) is 2.12. The van der Waals surface area contributed by atoms with E-state index >= 15 is 0 Å². The van der Waals surface area contributed by atoms with Crippen molar-refractivity contribution in [3.63, 3.8) is 0 Å². The Hall–Kier alpha value is -1.33. The molecule has 1 unspecified atom stereocenters. The third-order valence-corrected chi connectivity index (χ3v) is 4.26. The summed E-state index contributed by atoms with van der Waals surface area (Å²) in [5.74, 6) is 0. The van der Waals surface area contributed by atoms with E-state index in [1.165, 1.54) is 6.07 Å². The highest BCUT2D eigenvalue weighted by Gasteiger charge is 2.31. The fourth-order valence-corrected chi connectivity index (χ4v) is 2.51. The summed E-state index contributed by atoms with van der Waals surface area (Å²) in [5, 5.41) is 10.4. The van der Waals surface area contributed by atoms with Gasteiger partial charge in [0.05, 0.1) is 5.56 Å². The van der Waals surface area contributed by atoms with Crippen LogP contribution in [0.15, 0.2) is 40.9 Å². The lowest BCUT2D eigenvalue weighted by Crippen LogP contribution is -2.08. The predicted molar refractivity (Wildman–Crippen MR) is 79.1 cm³/mol. The quantitative estimate of drug-likeness (QED) is 0.785. The lowest BCUT2D eigenvalue weighted by molar-refractivity contribution is -0.137. The van der Waals surface area contributed by atoms with Gasteiger partial charge < -0.3 is 5.11 Å². The van der Waals surface area contributed by atoms with Gasteiger partial charge in [0.15, 0.2) is 0 Å². The van der Waals surface area contributed by atoms with Gasteiger partial charge in [-0.1, -0.05) is 34.1 Å². The van der Waals surface area contributed by atoms with Crippen LogP contribution in [0.4, 0.5) is 13.2 Å². The van der Waals surface area contributed by atoms with Crippen LogP contribution in [0.2, 0.25) is 0 Å². The number of rotatable bonds is 2. The molecule has 1 atom stereocenters. The maximum absolute atomic E-state index is 12.7. The van der Waals surface area contributed by atoms with Crippen molar-refractivity contribution in [2.75, 3.05) is 0 Å². The molecule has 21 heavy (non-hydrogen) atoms. The Balaban J connectivity index is 2.39. The largest absolute Gasteiger partial charge is 0.416 e. The Bertz CT molecular complexity index is 665. The summed E-state index contributed by atoms with van der Waals surface area (Å²) < 4.78 is 38.8. The second-order valence-electron chi connectivity index (χ2n) is 4.98. The first kappa shape index (κ1) is 16.0. The van der Waals surface area contributed by atoms with E-state index in [1.54, 1.807) is 19.1 Å². The predicted octanol–water partition coefficient (Wildman–Crippen LogP) is 5.17. The minimum atomic E-state index is -4.37. The number of aliphatic hydroxyl groups excluding tert-OH is 1. The number of halogens is 4. The normalized spacial score (nSPS) is 13.3. The van der Waals surface area contributed by atoms with Crippen molar-refractivity contribution in [3.05, 3.63) is 68.7 Å². The first-order valence-corrected chi connectivity index (χ1v) is 7.11. The number of hydrogen-bond donors (Lipinski definition) is 1. The van der Waals surface area contributed by atoms with Crippen molar-refractivity contribution >= 4 is 15.9 Å². The van der Waals surface area contributed by atoms with Crippen molar-refractivity contribution in [1.29, 1.82) is 0 Å². The maximum atomic E-state index is 12.7. The Morgan fingerprint density at radius 3 is 2.19 bits per heavy atom. The molecule has 0 radical (unpaired) electrons. The fraction of sp³-hybridized carbons (Fsp3) is 0.250. The summed E-state index contributed by atoms with van der Waals surface area (Å²) in [6, 6.07) is 8.77. The van der Waals surface area contributed by atoms with Crippen molar-refractivity contribution in [2.45, 2.75) is 26.1 Å². The third-order valence-electron chi connectivity index (χ3n) is 3.40. The standard InChI is InChI=1S/C16H14BrF3O/c1-9-3-4-11(8-14(9)17)15(21)13-6-5-12(7-10(13)2)16(18,19)20/h3-8,15,21H,1-2H3. The summed E-state index contributed by atoms with van der Waals surface area (Å²) in [6.45, 7) is 3.49. The van der Waals surface area contributed by atoms with Crippen molar-refractivity contribution in [2.24, 2.45) is 0 Å². The van der Waals surface area contributed by atoms with E-state index in [-0.39, 0.29) is 0 Å². The molecule has 0 amide bonds. The first-order valence-electron chi connectivity index (χ1n) is 6.32. The zero-order valence-electron chi connectivity index (χ0n) is 11.5. The molecule has 1 nitrogen and oxygen atoms in total. The zero-order valence-corrected chi connectivity index (χ0v) is 13.1. The highest BCUT2D eigenvalue weighted by molar-refractivity contribution is 9.10. The molecule has 2 aromatic rings. The van der Waals surface area contributed by atoms with Crippen molar-refractivity contribution < 1.29 is 18.3 Å². The van der Waals surface area contributed by atoms with Crippen LogP contribution in [-0.4, -0.2) is 5.11 Å². The van der Waals surface area contributed by atoms with Gasteiger partial charge in [-0.05, 0) is 54.3 Å². The topological polar surface area (TPSA) is 20.2 Å². The molecule has 0 aromatic heterocycles. The monoisotopic (exact) mass is 358 g/mol. The van der Waals surface area contributed by atoms with E-state index in [9.17, 15) is 18.3 Å². The number of hydrogen-bond acceptors (Lipinski definition) is 1. The zero-order chi connectivity index (χ0) is 15.8. The van der Waals surface area contributed by atoms with Gasteiger partial charge in [0, 0.05) is 4.47 Å². The molecule has 0 spiro atoms. The molecule has 0 fully saturated rings. The summed E-state index contributed by atoms with van der Waals surface area (Å²) in [6.07, 6.45) is -5.33. The molecule has 2 rings (SSSR count). The summed E-state index contributed by atoms with van der Waals surface area (Å²) in [7, 11) is 0. The molecule has 0 heterocycles. The number of alkyl halides is 3. The van der Waals surface area contributed by atoms with Gasteiger partial charge >= 0.3 is 6.18 Å². The Morgan fingerprint density at radius 1 is 1.00 bits per heavy atom. The van der Waals surface area contributed by atoms with E-state index in [4.69, 9.17) is 0 Å². The molecule has 2 aromatic carbocycles. The number of aryl methyl sites for hydroxylation is 2. The minimum absolute atomic E-state index is 0.411. The maximum Gasteiger partial charge on any atom is 0.416 e. The van der Waals surface area contributed by atoms with Gasteiger partial charge in [0.2, 0.25) is 0 Å². The van der Waals surface area contributed by atoms with Gasteiger partial charge in [-0.2, -0.15) is 13.2 Å². The molecule has 0 aliphatic carbocycles. The summed E-state index contributed by atoms with van der Waals surface area (Å²) >= 11 is 3.38. The smallest absolute Gasteiger partial charge is 0.384 e. The second-order valence-corrected chi connectivity index (χ2v) is 5.83. The van der Waals surface area contributed by atoms with Crippen LogP contribution < -0.4 is 0 Å². The van der Waals surface area contributed by atoms with Gasteiger partial charge in [-0.15, -0.1) is 0 Å². The first-order chi connectivity index (χ1) is 9.70. The highest BCUT2D eigenvalue weighted by atomic mass is 79.9. The average molecular weight is 359 g/mol. The van der Waals surface area contributed by atoms with Crippen molar-refractivity contribution in [1.82, 2.24) is 0 Å². The molecule has 0 saturated carbocycles. The van der Waals surface area contributed by atoms with Crippen LogP contribution in [0.5, 0.6) is 0 Å². The lowest BCUT2D eigenvalue weighted by Gasteiger charge is -2.17. The van der Waals surface area contributed by atoms with E-state index < -0.39 is 17.8 Å². The Kier molecular flexibility index (Phi) is 4.44. The third kappa shape index (κ3) is 3.47. The van der Waals surface area contributed by atoms with E-state index in [0.717, 1.165) is 22.2 Å². The van der Waals surface area contributed by atoms with Crippen LogP contribution in [0.1, 0.15) is 33.9 Å². The molecular formula is C16H14BrF3O. The molecule has 5 heteroatoms. The summed E-state index contributed by atoms with van der Waals surface area (Å²) in [4.78, 5) is 0. The number of benzene rings is 2. The molecule has 0 aliphatic heterocycles. The lowest BCUT2D eigenvalue weighted by atomic mass is 9.95. The summed E-state index contributed by atoms with van der Waals surface area (Å²) in [5.41, 5.74) is 1.83. The SMILES string of the molecule is Cc1ccc(C(O)c2ccc(C(F)(F)F)cc2C)cc1Br. The molecule has 0 saturated heterocycles. The van der Waals surface area contributed by atoms with Crippen LogP contribution in [0, 0.1) is 13.8 Å². The van der Waals surface area contributed by atoms with Gasteiger partial charge in [0.1, 0.15) is 6.10 Å². The molecule has 1 N–H and O–H groups in total. The molecule has 0 bridgehead atoms. The van der Waals surface area contributed by atoms with Crippen LogP contribution in [-0.2, 0) is 6.18 Å². The Morgan fingerprint density at radius 2 is 1.67 bits per heavy atom. The van der Waals surface area contributed by atoms with Gasteiger partial charge in [-0.3, -0.25) is 0 Å². The highest BCUT2D eigenvalue weighted by Crippen LogP contribution is 2.33. The van der Waals surface area contributed by atoms with Crippen LogP contribution >= 0.6 is 15.9 Å². The Labute approximate surface area is 129 Å². The minimum Gasteiger partial charge on any atom is -0.384 e. The number of aliphatic hydroxyl groups is 1. The van der Waals surface area contributed by atoms with E-state index in [1.807, 2.05) is 13.0 Å². The van der Waals surface area contributed by atoms with E-state index in [0.29, 0.717) is 16.7 Å². The average Bonchev–Trinajstić information content (AvgIpc) is 2.40. The van der Waals surface area contributed by atoms with Gasteiger partial charge in [0.25, 0.3) is 0 Å². The molecular weight excluding hydrogens is 345 g/mol. The van der Waals surface area contributed by atoms with E-state index in [2.05, 4.69) is 15.9 Å². The van der Waals surface area contributed by atoms with Crippen LogP contribution in [0.3, 0.4) is 0 Å². The van der Waals surface area contributed by atoms with Gasteiger partial charge in [-0.25, -0.2) is 0 Å². The van der Waals surface area contributed by atoms with Crippen molar-refractivity contribution in [3.8, 4) is 0 Å².